The summed E-state index contributed by atoms with van der Waals surface area (Å²) in [5, 5.41) is 0. The predicted octanol–water partition coefficient (Wildman–Crippen LogP) is 3.51. The molecule has 0 spiro atoms. The average Bonchev–Trinajstić information content (AvgIpc) is 2.38. The number of ether oxygens (including phenoxy) is 1. The third kappa shape index (κ3) is 3.03. The molecule has 2 aliphatic rings. The zero-order valence-electron chi connectivity index (χ0n) is 13.5. The molecule has 0 saturated heterocycles. The summed E-state index contributed by atoms with van der Waals surface area (Å²) in [5.74, 6) is 0.899. The van der Waals surface area contributed by atoms with Crippen LogP contribution in [0, 0.1) is 23.2 Å². The average molecular weight is 281 g/mol. The highest BCUT2D eigenvalue weighted by molar-refractivity contribution is 5.74. The zero-order chi connectivity index (χ0) is 14.9. The van der Waals surface area contributed by atoms with Crippen molar-refractivity contribution in [3.05, 3.63) is 0 Å². The first-order valence-electron chi connectivity index (χ1n) is 8.30. The Morgan fingerprint density at radius 1 is 1.10 bits per heavy atom. The third-order valence-electron chi connectivity index (χ3n) is 6.09. The molecule has 0 aromatic carbocycles. The lowest BCUT2D eigenvalue weighted by atomic mass is 9.61. The van der Waals surface area contributed by atoms with E-state index in [1.54, 1.807) is 0 Å². The largest absolute Gasteiger partial charge is 0.462 e. The molecule has 0 aliphatic heterocycles. The van der Waals surface area contributed by atoms with Gasteiger partial charge in [-0.2, -0.15) is 0 Å². The van der Waals surface area contributed by atoms with Gasteiger partial charge in [-0.25, -0.2) is 0 Å². The maximum Gasteiger partial charge on any atom is 0.309 e. The Labute approximate surface area is 123 Å². The summed E-state index contributed by atoms with van der Waals surface area (Å²) in [4.78, 5) is 12.6. The molecule has 2 rings (SSSR count). The van der Waals surface area contributed by atoms with Crippen LogP contribution in [0.2, 0.25) is 0 Å². The van der Waals surface area contributed by atoms with Crippen molar-refractivity contribution in [2.75, 3.05) is 0 Å². The van der Waals surface area contributed by atoms with Crippen molar-refractivity contribution in [2.45, 2.75) is 78.4 Å². The molecule has 0 heterocycles. The van der Waals surface area contributed by atoms with E-state index in [-0.39, 0.29) is 29.4 Å². The molecule has 3 heteroatoms. The molecular weight excluding hydrogens is 250 g/mol. The highest BCUT2D eigenvalue weighted by Crippen LogP contribution is 2.45. The number of carbonyl (C=O) groups excluding carboxylic acids is 1. The van der Waals surface area contributed by atoms with Gasteiger partial charge in [0.2, 0.25) is 0 Å². The number of esters is 1. The standard InChI is InChI=1S/C17H31NO2/c1-11-7-5-6-8-15(11)20-16(19)13-9-10-14(18)12(2)17(13,3)4/h11-15H,5-10,18H2,1-4H3. The van der Waals surface area contributed by atoms with Gasteiger partial charge in [0.05, 0.1) is 5.92 Å². The normalized spacial score (nSPS) is 41.1. The molecule has 116 valence electrons. The molecule has 20 heavy (non-hydrogen) atoms. The van der Waals surface area contributed by atoms with Crippen LogP contribution in [0.25, 0.3) is 0 Å². The van der Waals surface area contributed by atoms with Crippen molar-refractivity contribution in [3.8, 4) is 0 Å². The van der Waals surface area contributed by atoms with Gasteiger partial charge in [0.15, 0.2) is 0 Å². The minimum atomic E-state index is -0.0628. The molecule has 2 N–H and O–H groups in total. The fraction of sp³-hybridized carbons (Fsp3) is 0.941. The Morgan fingerprint density at radius 2 is 1.75 bits per heavy atom. The summed E-state index contributed by atoms with van der Waals surface area (Å²) in [6.45, 7) is 8.73. The number of hydrogen-bond donors (Lipinski definition) is 1. The second-order valence-electron chi connectivity index (χ2n) is 7.64. The molecular formula is C17H31NO2. The Kier molecular flexibility index (Phi) is 4.78. The van der Waals surface area contributed by atoms with Crippen LogP contribution >= 0.6 is 0 Å². The van der Waals surface area contributed by atoms with Crippen LogP contribution in [0.1, 0.15) is 66.2 Å². The maximum atomic E-state index is 12.6. The monoisotopic (exact) mass is 281 g/mol. The Hall–Kier alpha value is -0.570. The van der Waals surface area contributed by atoms with Gasteiger partial charge in [-0.3, -0.25) is 4.79 Å². The topological polar surface area (TPSA) is 52.3 Å². The van der Waals surface area contributed by atoms with E-state index in [1.165, 1.54) is 19.3 Å². The molecule has 0 amide bonds. The van der Waals surface area contributed by atoms with E-state index < -0.39 is 0 Å². The molecule has 3 nitrogen and oxygen atoms in total. The Bertz CT molecular complexity index is 353. The first-order chi connectivity index (χ1) is 9.34. The van der Waals surface area contributed by atoms with E-state index in [0.717, 1.165) is 19.3 Å². The minimum Gasteiger partial charge on any atom is -0.462 e. The first-order valence-corrected chi connectivity index (χ1v) is 8.30. The number of nitrogens with two attached hydrogens (primary N) is 1. The van der Waals surface area contributed by atoms with Crippen molar-refractivity contribution in [3.63, 3.8) is 0 Å². The van der Waals surface area contributed by atoms with Crippen molar-refractivity contribution in [2.24, 2.45) is 28.9 Å². The van der Waals surface area contributed by atoms with Gasteiger partial charge in [-0.1, -0.05) is 34.1 Å². The molecule has 2 fully saturated rings. The summed E-state index contributed by atoms with van der Waals surface area (Å²) < 4.78 is 5.88. The van der Waals surface area contributed by atoms with Crippen LogP contribution in [-0.2, 0) is 9.53 Å². The van der Waals surface area contributed by atoms with E-state index in [2.05, 4.69) is 27.7 Å². The van der Waals surface area contributed by atoms with Crippen molar-refractivity contribution in [1.82, 2.24) is 0 Å². The molecule has 2 saturated carbocycles. The molecule has 2 aliphatic carbocycles. The van der Waals surface area contributed by atoms with Crippen LogP contribution in [0.4, 0.5) is 0 Å². The number of rotatable bonds is 2. The second kappa shape index (κ2) is 6.05. The van der Waals surface area contributed by atoms with Crippen LogP contribution in [0.5, 0.6) is 0 Å². The van der Waals surface area contributed by atoms with Crippen molar-refractivity contribution >= 4 is 5.97 Å². The van der Waals surface area contributed by atoms with Gasteiger partial charge in [0.1, 0.15) is 6.10 Å². The van der Waals surface area contributed by atoms with Crippen LogP contribution < -0.4 is 5.73 Å². The van der Waals surface area contributed by atoms with Crippen LogP contribution in [-0.4, -0.2) is 18.1 Å². The van der Waals surface area contributed by atoms with Gasteiger partial charge in [-0.15, -0.1) is 0 Å². The Balaban J connectivity index is 2.01. The molecule has 0 bridgehead atoms. The molecule has 0 radical (unpaired) electrons. The van der Waals surface area contributed by atoms with Gasteiger partial charge in [-0.05, 0) is 49.4 Å². The fourth-order valence-corrected chi connectivity index (χ4v) is 3.96. The van der Waals surface area contributed by atoms with Crippen molar-refractivity contribution < 1.29 is 9.53 Å². The van der Waals surface area contributed by atoms with E-state index in [0.29, 0.717) is 11.8 Å². The van der Waals surface area contributed by atoms with E-state index in [9.17, 15) is 4.79 Å². The highest BCUT2D eigenvalue weighted by Gasteiger charge is 2.46. The van der Waals surface area contributed by atoms with Crippen LogP contribution in [0.3, 0.4) is 0 Å². The van der Waals surface area contributed by atoms with Crippen LogP contribution in [0.15, 0.2) is 0 Å². The van der Waals surface area contributed by atoms with Crippen molar-refractivity contribution in [1.29, 1.82) is 0 Å². The van der Waals surface area contributed by atoms with Gasteiger partial charge < -0.3 is 10.5 Å². The first kappa shape index (κ1) is 15.8. The fourth-order valence-electron chi connectivity index (χ4n) is 3.96. The van der Waals surface area contributed by atoms with Gasteiger partial charge in [0, 0.05) is 6.04 Å². The quantitative estimate of drug-likeness (QED) is 0.788. The SMILES string of the molecule is CC1CCCCC1OC(=O)C1CCC(N)C(C)C1(C)C. The smallest absolute Gasteiger partial charge is 0.309 e. The summed E-state index contributed by atoms with van der Waals surface area (Å²) in [7, 11) is 0. The third-order valence-corrected chi connectivity index (χ3v) is 6.09. The molecule has 5 atom stereocenters. The number of carbonyl (C=O) groups is 1. The summed E-state index contributed by atoms with van der Waals surface area (Å²) in [6, 6.07) is 0.211. The molecule has 0 aromatic rings. The van der Waals surface area contributed by atoms with Gasteiger partial charge in [0.25, 0.3) is 0 Å². The molecule has 5 unspecified atom stereocenters. The summed E-state index contributed by atoms with van der Waals surface area (Å²) in [6.07, 6.45) is 6.64. The lowest BCUT2D eigenvalue weighted by molar-refractivity contribution is -0.166. The molecule has 0 aromatic heterocycles. The van der Waals surface area contributed by atoms with Gasteiger partial charge >= 0.3 is 5.97 Å². The predicted molar refractivity (Wildman–Crippen MR) is 81.2 cm³/mol. The highest BCUT2D eigenvalue weighted by atomic mass is 16.5. The lowest BCUT2D eigenvalue weighted by Gasteiger charge is -2.46. The second-order valence-corrected chi connectivity index (χ2v) is 7.64. The van der Waals surface area contributed by atoms with E-state index in [1.807, 2.05) is 0 Å². The summed E-state index contributed by atoms with van der Waals surface area (Å²) >= 11 is 0. The van der Waals surface area contributed by atoms with E-state index >= 15 is 0 Å². The lowest BCUT2D eigenvalue weighted by Crippen LogP contribution is -2.50. The number of hydrogen-bond acceptors (Lipinski definition) is 3. The summed E-state index contributed by atoms with van der Waals surface area (Å²) in [5.41, 5.74) is 6.11. The zero-order valence-corrected chi connectivity index (χ0v) is 13.5. The maximum absolute atomic E-state index is 12.6. The Morgan fingerprint density at radius 3 is 2.40 bits per heavy atom. The van der Waals surface area contributed by atoms with E-state index in [4.69, 9.17) is 10.5 Å². The minimum absolute atomic E-state index is 0.00595.